The van der Waals surface area contributed by atoms with Gasteiger partial charge in [-0.3, -0.25) is 0 Å². The molecule has 0 amide bonds. The maximum absolute atomic E-state index is 3.27. The predicted molar refractivity (Wildman–Crippen MR) is 93.7 cm³/mol. The largest absolute Gasteiger partial charge is 0.0622 e. The van der Waals surface area contributed by atoms with Gasteiger partial charge in [-0.1, -0.05) is 66.7 Å². The third-order valence-electron chi connectivity index (χ3n) is 3.98. The Balaban J connectivity index is 1.81. The minimum atomic E-state index is 1.20. The molecule has 0 saturated heterocycles. The molecule has 4 rings (SSSR count). The molecule has 0 atom stereocenters. The van der Waals surface area contributed by atoms with Crippen molar-refractivity contribution in [2.75, 3.05) is 0 Å². The number of benzene rings is 4. The maximum atomic E-state index is 3.27. The molecule has 0 aromatic heterocycles. The highest BCUT2D eigenvalue weighted by molar-refractivity contribution is 5.87. The van der Waals surface area contributed by atoms with Crippen LogP contribution in [0.4, 0.5) is 0 Å². The molecule has 0 unspecified atom stereocenters. The van der Waals surface area contributed by atoms with Crippen molar-refractivity contribution in [2.45, 2.75) is 0 Å². The Morgan fingerprint density at radius 1 is 0.455 bits per heavy atom. The van der Waals surface area contributed by atoms with Crippen molar-refractivity contribution in [1.29, 1.82) is 0 Å². The lowest BCUT2D eigenvalue weighted by Crippen LogP contribution is -1.82. The van der Waals surface area contributed by atoms with Gasteiger partial charge in [-0.05, 0) is 63.4 Å². The highest BCUT2D eigenvalue weighted by atomic mass is 14.1. The summed E-state index contributed by atoms with van der Waals surface area (Å²) in [6.07, 6.45) is 0. The lowest BCUT2D eigenvalue weighted by Gasteiger charge is -2.07. The average Bonchev–Trinajstić information content (AvgIpc) is 2.62. The molecule has 0 bridgehead atoms. The maximum Gasteiger partial charge on any atom is -0.0171 e. The molecule has 4 aromatic carbocycles. The fourth-order valence-corrected chi connectivity index (χ4v) is 2.80. The first-order valence-electron chi connectivity index (χ1n) is 7.46. The minimum Gasteiger partial charge on any atom is -0.0622 e. The van der Waals surface area contributed by atoms with E-state index in [2.05, 4.69) is 84.9 Å². The van der Waals surface area contributed by atoms with Crippen LogP contribution < -0.4 is 0 Å². The Bertz CT molecular complexity index is 920. The molecule has 0 N–H and O–H groups in total. The van der Waals surface area contributed by atoms with Crippen molar-refractivity contribution in [3.8, 4) is 22.3 Å². The smallest absolute Gasteiger partial charge is 0.0171 e. The average molecular weight is 279 g/mol. The Morgan fingerprint density at radius 2 is 1.14 bits per heavy atom. The summed E-state index contributed by atoms with van der Waals surface area (Å²) < 4.78 is 0. The molecule has 1 radical (unpaired) electrons. The predicted octanol–water partition coefficient (Wildman–Crippen LogP) is 5.97. The molecule has 103 valence electrons. The van der Waals surface area contributed by atoms with Crippen LogP contribution in [0, 0.1) is 6.07 Å². The molecule has 0 heteroatoms. The van der Waals surface area contributed by atoms with Crippen molar-refractivity contribution in [1.82, 2.24) is 0 Å². The van der Waals surface area contributed by atoms with Crippen LogP contribution in [0.15, 0.2) is 91.0 Å². The van der Waals surface area contributed by atoms with E-state index >= 15 is 0 Å². The monoisotopic (exact) mass is 279 g/mol. The molecule has 0 aliphatic carbocycles. The summed E-state index contributed by atoms with van der Waals surface area (Å²) in [6.45, 7) is 0. The second kappa shape index (κ2) is 5.50. The Morgan fingerprint density at radius 3 is 1.95 bits per heavy atom. The number of hydrogen-bond acceptors (Lipinski definition) is 0. The van der Waals surface area contributed by atoms with E-state index in [9.17, 15) is 0 Å². The number of fused-ring (bicyclic) bond motifs is 1. The van der Waals surface area contributed by atoms with Gasteiger partial charge in [0.15, 0.2) is 0 Å². The van der Waals surface area contributed by atoms with Gasteiger partial charge >= 0.3 is 0 Å². The van der Waals surface area contributed by atoms with Crippen LogP contribution in [0.3, 0.4) is 0 Å². The van der Waals surface area contributed by atoms with Crippen LogP contribution in [-0.2, 0) is 0 Å². The number of hydrogen-bond donors (Lipinski definition) is 0. The SMILES string of the molecule is [c]1cc(-c2ccccc2)cc(-c2ccc3ccccc3c2)c1. The molecular formula is C22H15. The first-order chi connectivity index (χ1) is 10.9. The van der Waals surface area contributed by atoms with Crippen LogP contribution in [0.1, 0.15) is 0 Å². The van der Waals surface area contributed by atoms with Gasteiger partial charge < -0.3 is 0 Å². The van der Waals surface area contributed by atoms with Crippen LogP contribution >= 0.6 is 0 Å². The van der Waals surface area contributed by atoms with Crippen LogP contribution in [0.2, 0.25) is 0 Å². The van der Waals surface area contributed by atoms with Gasteiger partial charge in [0.1, 0.15) is 0 Å². The summed E-state index contributed by atoms with van der Waals surface area (Å²) in [6, 6.07) is 35.1. The second-order valence-electron chi connectivity index (χ2n) is 5.44. The van der Waals surface area contributed by atoms with E-state index in [4.69, 9.17) is 0 Å². The van der Waals surface area contributed by atoms with E-state index in [0.717, 1.165) is 0 Å². The second-order valence-corrected chi connectivity index (χ2v) is 5.44. The third kappa shape index (κ3) is 2.40. The highest BCUT2D eigenvalue weighted by Crippen LogP contribution is 2.28. The van der Waals surface area contributed by atoms with Crippen LogP contribution in [0.5, 0.6) is 0 Å². The van der Waals surface area contributed by atoms with Gasteiger partial charge in [-0.25, -0.2) is 0 Å². The topological polar surface area (TPSA) is 0 Å². The summed E-state index contributed by atoms with van der Waals surface area (Å²) in [5.41, 5.74) is 4.85. The van der Waals surface area contributed by atoms with Crippen molar-refractivity contribution in [3.05, 3.63) is 97.1 Å². The summed E-state index contributed by atoms with van der Waals surface area (Å²) in [7, 11) is 0. The molecular weight excluding hydrogens is 264 g/mol. The van der Waals surface area contributed by atoms with E-state index in [1.165, 1.54) is 33.0 Å². The molecule has 4 aromatic rings. The van der Waals surface area contributed by atoms with Gasteiger partial charge in [0, 0.05) is 0 Å². The standard InChI is InChI=1S/C22H15/c1-2-7-17(8-3-1)20-11-6-12-21(15-20)22-14-13-18-9-4-5-10-19(18)16-22/h1-5,7-16H. The Hall–Kier alpha value is -2.86. The molecule has 0 nitrogen and oxygen atoms in total. The van der Waals surface area contributed by atoms with Crippen molar-refractivity contribution >= 4 is 10.8 Å². The summed E-state index contributed by atoms with van der Waals surface area (Å²) >= 11 is 0. The quantitative estimate of drug-likeness (QED) is 0.424. The molecule has 0 aliphatic heterocycles. The Kier molecular flexibility index (Phi) is 3.21. The lowest BCUT2D eigenvalue weighted by atomic mass is 9.97. The third-order valence-corrected chi connectivity index (χ3v) is 3.98. The van der Waals surface area contributed by atoms with Crippen LogP contribution in [-0.4, -0.2) is 0 Å². The zero-order chi connectivity index (χ0) is 14.8. The first-order valence-corrected chi connectivity index (χ1v) is 7.46. The van der Waals surface area contributed by atoms with Crippen molar-refractivity contribution in [3.63, 3.8) is 0 Å². The van der Waals surface area contributed by atoms with E-state index in [0.29, 0.717) is 0 Å². The molecule has 22 heavy (non-hydrogen) atoms. The minimum absolute atomic E-state index is 1.20. The molecule has 0 heterocycles. The first kappa shape index (κ1) is 12.8. The van der Waals surface area contributed by atoms with Gasteiger partial charge in [0.05, 0.1) is 0 Å². The molecule has 0 saturated carbocycles. The lowest BCUT2D eigenvalue weighted by molar-refractivity contribution is 1.59. The molecule has 0 spiro atoms. The van der Waals surface area contributed by atoms with Gasteiger partial charge in [0.2, 0.25) is 0 Å². The normalized spacial score (nSPS) is 10.7. The fraction of sp³-hybridized carbons (Fsp3) is 0. The van der Waals surface area contributed by atoms with Gasteiger partial charge in [-0.2, -0.15) is 0 Å². The molecule has 0 fully saturated rings. The zero-order valence-electron chi connectivity index (χ0n) is 12.2. The Labute approximate surface area is 130 Å². The summed E-state index contributed by atoms with van der Waals surface area (Å²) in [5.74, 6) is 0. The van der Waals surface area contributed by atoms with Gasteiger partial charge in [-0.15, -0.1) is 0 Å². The molecule has 0 aliphatic rings. The summed E-state index contributed by atoms with van der Waals surface area (Å²) in [4.78, 5) is 0. The van der Waals surface area contributed by atoms with E-state index < -0.39 is 0 Å². The zero-order valence-corrected chi connectivity index (χ0v) is 12.2. The van der Waals surface area contributed by atoms with E-state index in [1.807, 2.05) is 12.1 Å². The van der Waals surface area contributed by atoms with Crippen molar-refractivity contribution in [2.24, 2.45) is 0 Å². The number of rotatable bonds is 2. The van der Waals surface area contributed by atoms with Crippen LogP contribution in [0.25, 0.3) is 33.0 Å². The summed E-state index contributed by atoms with van der Waals surface area (Å²) in [5, 5.41) is 2.54. The highest BCUT2D eigenvalue weighted by Gasteiger charge is 2.02. The fourth-order valence-electron chi connectivity index (χ4n) is 2.80. The van der Waals surface area contributed by atoms with Crippen molar-refractivity contribution < 1.29 is 0 Å². The van der Waals surface area contributed by atoms with E-state index in [-0.39, 0.29) is 0 Å². The van der Waals surface area contributed by atoms with Gasteiger partial charge in [0.25, 0.3) is 0 Å². The van der Waals surface area contributed by atoms with E-state index in [1.54, 1.807) is 0 Å².